The highest BCUT2D eigenvalue weighted by atomic mass is 16.5. The van der Waals surface area contributed by atoms with Crippen LogP contribution >= 0.6 is 0 Å². The molecule has 4 bridgehead atoms. The fourth-order valence-electron chi connectivity index (χ4n) is 10.6. The van der Waals surface area contributed by atoms with Crippen LogP contribution in [0.4, 0.5) is 0 Å². The van der Waals surface area contributed by atoms with E-state index in [9.17, 15) is 20.1 Å². The molecule has 0 aromatic heterocycles. The van der Waals surface area contributed by atoms with Crippen molar-refractivity contribution in [3.63, 3.8) is 0 Å². The molecule has 6 nitrogen and oxygen atoms in total. The molecule has 0 radical (unpaired) electrons. The molecule has 4 N–H and O–H groups in total. The lowest BCUT2D eigenvalue weighted by atomic mass is 9.55. The number of carbonyl (C=O) groups excluding carboxylic acids is 1. The quantitative estimate of drug-likeness (QED) is 0.341. The number of rotatable bonds is 0. The van der Waals surface area contributed by atoms with Crippen LogP contribution < -0.4 is 10.1 Å². The van der Waals surface area contributed by atoms with Crippen LogP contribution in [0, 0.1) is 52.8 Å². The van der Waals surface area contributed by atoms with Gasteiger partial charge in [0, 0.05) is 29.6 Å². The van der Waals surface area contributed by atoms with Crippen molar-refractivity contribution >= 4 is 5.91 Å². The summed E-state index contributed by atoms with van der Waals surface area (Å²) in [5.74, 6) is 1.76. The van der Waals surface area contributed by atoms with E-state index in [1.165, 1.54) is 16.7 Å². The topological polar surface area (TPSA) is 99.0 Å². The highest BCUT2D eigenvalue weighted by Gasteiger charge is 2.66. The van der Waals surface area contributed by atoms with E-state index in [2.05, 4.69) is 52.9 Å². The number of carbonyl (C=O) groups is 1. The van der Waals surface area contributed by atoms with Gasteiger partial charge in [-0.3, -0.25) is 4.79 Å². The van der Waals surface area contributed by atoms with Crippen LogP contribution in [0.1, 0.15) is 59.9 Å². The van der Waals surface area contributed by atoms with Crippen molar-refractivity contribution in [1.82, 2.24) is 5.32 Å². The molecule has 8 rings (SSSR count). The first-order valence-electron chi connectivity index (χ1n) is 15.2. The van der Waals surface area contributed by atoms with Crippen LogP contribution in [0.15, 0.2) is 58.4 Å². The van der Waals surface area contributed by atoms with E-state index in [0.29, 0.717) is 23.7 Å². The monoisotopic (exact) mass is 545 g/mol. The molecule has 3 aliphatic heterocycles. The van der Waals surface area contributed by atoms with Crippen LogP contribution in [-0.4, -0.2) is 39.2 Å². The van der Waals surface area contributed by atoms with Crippen molar-refractivity contribution < 1.29 is 24.9 Å². The molecule has 4 aliphatic carbocycles. The number of allylic oxidation sites excluding steroid dienone is 5. The van der Waals surface area contributed by atoms with Gasteiger partial charge in [-0.15, -0.1) is 0 Å². The lowest BCUT2D eigenvalue weighted by molar-refractivity contribution is -0.121. The molecule has 3 heterocycles. The molecule has 0 spiro atoms. The van der Waals surface area contributed by atoms with E-state index in [-0.39, 0.29) is 41.6 Å². The van der Waals surface area contributed by atoms with Crippen molar-refractivity contribution in [2.24, 2.45) is 52.8 Å². The zero-order chi connectivity index (χ0) is 28.5. The van der Waals surface area contributed by atoms with Gasteiger partial charge < -0.3 is 25.4 Å². The lowest BCUT2D eigenvalue weighted by Crippen LogP contribution is -2.50. The summed E-state index contributed by atoms with van der Waals surface area (Å²) in [6.07, 6.45) is 2.86. The highest BCUT2D eigenvalue weighted by Crippen LogP contribution is 2.68. The van der Waals surface area contributed by atoms with Crippen molar-refractivity contribution in [2.75, 3.05) is 0 Å². The summed E-state index contributed by atoms with van der Waals surface area (Å²) >= 11 is 0. The van der Waals surface area contributed by atoms with Gasteiger partial charge in [-0.25, -0.2) is 0 Å². The third-order valence-corrected chi connectivity index (χ3v) is 12.0. The Bertz CT molecular complexity index is 1370. The Labute approximate surface area is 237 Å². The first-order chi connectivity index (χ1) is 18.9. The second kappa shape index (κ2) is 8.48. The van der Waals surface area contributed by atoms with Gasteiger partial charge in [-0.2, -0.15) is 0 Å². The number of fused-ring (bicyclic) bond motifs is 5. The Kier molecular flexibility index (Phi) is 5.58. The standard InChI is InChI=1S/C34H43NO5/c1-15-11-16(2)23-22(12-15)24-19(5)27-18(4)17(3)13-33(27,6)28-25(24)30(23)40-21-9-7-20(8-10-21)14-34(39)31(37)26(29(28)36)32(38)35-34/h7-10,13,15-16,18,22-25,28,30-31,36-37,39H,11-12,14H2,1-6H3,(H,35,38)/b29-26-/t15-,16+,18-,22-,23-,24-,25+,28-,30-,31+,33-,34-/m1/s1. The summed E-state index contributed by atoms with van der Waals surface area (Å²) in [5, 5.41) is 38.0. The van der Waals surface area contributed by atoms with Gasteiger partial charge >= 0.3 is 0 Å². The van der Waals surface area contributed by atoms with E-state index in [4.69, 9.17) is 4.74 Å². The first-order valence-corrected chi connectivity index (χ1v) is 15.2. The predicted octanol–water partition coefficient (Wildman–Crippen LogP) is 5.07. The number of aliphatic hydroxyl groups excluding tert-OH is 2. The average molecular weight is 546 g/mol. The molecule has 6 heteroatoms. The van der Waals surface area contributed by atoms with E-state index >= 15 is 0 Å². The summed E-state index contributed by atoms with van der Waals surface area (Å²) in [6, 6.07) is 7.69. The Morgan fingerprint density at radius 3 is 2.45 bits per heavy atom. The second-order valence-corrected chi connectivity index (χ2v) is 14.3. The molecule has 12 atom stereocenters. The van der Waals surface area contributed by atoms with Gasteiger partial charge in [0.25, 0.3) is 5.91 Å². The van der Waals surface area contributed by atoms with E-state index < -0.39 is 29.1 Å². The first kappa shape index (κ1) is 26.3. The van der Waals surface area contributed by atoms with E-state index in [0.717, 1.165) is 24.2 Å². The van der Waals surface area contributed by atoms with Crippen LogP contribution in [0.25, 0.3) is 0 Å². The number of nitrogens with one attached hydrogen (secondary N) is 1. The number of hydrogen-bond acceptors (Lipinski definition) is 5. The number of aliphatic hydroxyl groups is 3. The average Bonchev–Trinajstić information content (AvgIpc) is 3.39. The highest BCUT2D eigenvalue weighted by molar-refractivity contribution is 5.98. The molecule has 0 unspecified atom stereocenters. The minimum absolute atomic E-state index is 0.0221. The van der Waals surface area contributed by atoms with Crippen molar-refractivity contribution in [1.29, 1.82) is 0 Å². The number of amides is 1. The molecule has 214 valence electrons. The Balaban J connectivity index is 1.53. The molecular formula is C34H43NO5. The van der Waals surface area contributed by atoms with Crippen molar-refractivity contribution in [2.45, 2.75) is 78.7 Å². The fraction of sp³-hybridized carbons (Fsp3) is 0.618. The number of ether oxygens (including phenoxy) is 1. The Hall–Kier alpha value is -2.57. The summed E-state index contributed by atoms with van der Waals surface area (Å²) in [6.45, 7) is 13.6. The van der Waals surface area contributed by atoms with Crippen LogP contribution in [0.3, 0.4) is 0 Å². The Morgan fingerprint density at radius 2 is 1.75 bits per heavy atom. The van der Waals surface area contributed by atoms with Crippen LogP contribution in [0.5, 0.6) is 5.75 Å². The molecule has 1 aromatic rings. The molecule has 3 fully saturated rings. The van der Waals surface area contributed by atoms with Gasteiger partial charge in [0.15, 0.2) is 5.72 Å². The van der Waals surface area contributed by atoms with Crippen molar-refractivity contribution in [3.05, 3.63) is 64.0 Å². The largest absolute Gasteiger partial charge is 0.511 e. The molecule has 1 saturated heterocycles. The summed E-state index contributed by atoms with van der Waals surface area (Å²) in [7, 11) is 0. The summed E-state index contributed by atoms with van der Waals surface area (Å²) < 4.78 is 7.02. The minimum Gasteiger partial charge on any atom is -0.511 e. The zero-order valence-corrected chi connectivity index (χ0v) is 24.4. The summed E-state index contributed by atoms with van der Waals surface area (Å²) in [5.41, 5.74) is 2.25. The number of hydrogen-bond donors (Lipinski definition) is 4. The third-order valence-electron chi connectivity index (χ3n) is 12.0. The SMILES string of the molecule is CC1=C[C@]2(C)C(=C(C)[C@@H]3[C@@H]4C[C@H](C)C[C@H](C)[C@H]4[C@H]4Oc5ccc(cc5)C[C@]5(O)NC(=O)/C(=C(\O)[C@H]2[C@@H]43)[C@@H]5O)[C@@H]1C. The molecule has 1 aromatic carbocycles. The van der Waals surface area contributed by atoms with Crippen molar-refractivity contribution in [3.8, 4) is 5.75 Å². The number of benzene rings is 1. The van der Waals surface area contributed by atoms with Gasteiger partial charge in [-0.05, 0) is 74.0 Å². The maximum atomic E-state index is 13.5. The second-order valence-electron chi connectivity index (χ2n) is 14.3. The van der Waals surface area contributed by atoms with Crippen LogP contribution in [0.2, 0.25) is 0 Å². The van der Waals surface area contributed by atoms with Crippen LogP contribution in [-0.2, 0) is 11.2 Å². The van der Waals surface area contributed by atoms with E-state index in [1.807, 2.05) is 24.3 Å². The molecule has 2 saturated carbocycles. The maximum absolute atomic E-state index is 13.5. The fourth-order valence-corrected chi connectivity index (χ4v) is 10.6. The molecular weight excluding hydrogens is 502 g/mol. The van der Waals surface area contributed by atoms with Gasteiger partial charge in [0.2, 0.25) is 0 Å². The zero-order valence-electron chi connectivity index (χ0n) is 24.4. The predicted molar refractivity (Wildman–Crippen MR) is 152 cm³/mol. The van der Waals surface area contributed by atoms with Gasteiger partial charge in [0.05, 0.1) is 5.57 Å². The van der Waals surface area contributed by atoms with Gasteiger partial charge in [0.1, 0.15) is 23.7 Å². The van der Waals surface area contributed by atoms with Gasteiger partial charge in [-0.1, -0.05) is 62.6 Å². The summed E-state index contributed by atoms with van der Waals surface area (Å²) in [4.78, 5) is 13.5. The molecule has 40 heavy (non-hydrogen) atoms. The normalized spacial score (nSPS) is 49.2. The maximum Gasteiger partial charge on any atom is 0.255 e. The molecule has 1 amide bonds. The molecule has 7 aliphatic rings. The Morgan fingerprint density at radius 1 is 1.05 bits per heavy atom. The third kappa shape index (κ3) is 3.32. The minimum atomic E-state index is -1.90. The smallest absolute Gasteiger partial charge is 0.255 e. The van der Waals surface area contributed by atoms with E-state index in [1.54, 1.807) is 0 Å². The lowest BCUT2D eigenvalue weighted by Gasteiger charge is -2.49.